The van der Waals surface area contributed by atoms with Crippen molar-refractivity contribution in [1.29, 1.82) is 0 Å². The SMILES string of the molecule is Cc1nc(S(C)(=O)=O)nc(C2CCN(C(=O)Nc3c(F)cccc3F)CC2)c1-c1ncc(-c2ccnc(C(F)(F)F)n2)o1. The number of sulfone groups is 1. The average molecular weight is 624 g/mol. The summed E-state index contributed by atoms with van der Waals surface area (Å²) < 4.78 is 97.9. The molecule has 43 heavy (non-hydrogen) atoms. The van der Waals surface area contributed by atoms with Gasteiger partial charge in [-0.2, -0.15) is 13.2 Å². The predicted octanol–water partition coefficient (Wildman–Crippen LogP) is 5.01. The van der Waals surface area contributed by atoms with Crippen LogP contribution in [-0.2, 0) is 16.0 Å². The maximum Gasteiger partial charge on any atom is 0.451 e. The van der Waals surface area contributed by atoms with Crippen LogP contribution in [0.1, 0.15) is 36.0 Å². The van der Waals surface area contributed by atoms with Crippen molar-refractivity contribution in [1.82, 2.24) is 29.8 Å². The van der Waals surface area contributed by atoms with Crippen molar-refractivity contribution in [2.24, 2.45) is 0 Å². The van der Waals surface area contributed by atoms with Crippen molar-refractivity contribution < 1.29 is 39.6 Å². The van der Waals surface area contributed by atoms with Crippen LogP contribution in [0, 0.1) is 18.6 Å². The minimum atomic E-state index is -4.78. The Labute approximate surface area is 241 Å². The first-order chi connectivity index (χ1) is 20.2. The van der Waals surface area contributed by atoms with Gasteiger partial charge in [0, 0.05) is 31.5 Å². The molecule has 1 aliphatic heterocycles. The number of likely N-dealkylation sites (tertiary alicyclic amines) is 1. The van der Waals surface area contributed by atoms with Crippen molar-refractivity contribution in [3.05, 3.63) is 65.5 Å². The van der Waals surface area contributed by atoms with Gasteiger partial charge in [0.05, 0.1) is 23.1 Å². The number of oxazole rings is 1. The van der Waals surface area contributed by atoms with E-state index in [4.69, 9.17) is 4.42 Å². The van der Waals surface area contributed by atoms with Gasteiger partial charge in [-0.25, -0.2) is 46.9 Å². The molecule has 0 spiro atoms. The van der Waals surface area contributed by atoms with Crippen LogP contribution < -0.4 is 5.32 Å². The number of anilines is 1. The van der Waals surface area contributed by atoms with Crippen molar-refractivity contribution in [2.45, 2.75) is 37.0 Å². The molecule has 0 saturated carbocycles. The molecule has 0 bridgehead atoms. The van der Waals surface area contributed by atoms with Crippen molar-refractivity contribution >= 4 is 21.6 Å². The monoisotopic (exact) mass is 623 g/mol. The summed E-state index contributed by atoms with van der Waals surface area (Å²) in [6.07, 6.45) is -1.20. The summed E-state index contributed by atoms with van der Waals surface area (Å²) in [6, 6.07) is 3.68. The number of amides is 2. The molecule has 0 unspecified atom stereocenters. The van der Waals surface area contributed by atoms with Crippen LogP contribution >= 0.6 is 0 Å². The number of piperidine rings is 1. The molecule has 1 saturated heterocycles. The molecule has 1 aliphatic rings. The largest absolute Gasteiger partial charge is 0.451 e. The standard InChI is InChI=1S/C26H22F5N7O4S/c1-13-19(22-33-12-18(42-22)17-6-9-32-23(35-17)26(29,30)31)20(36-24(34-13)43(2,40)41)14-7-10-38(11-8-14)25(39)37-21-15(27)4-3-5-16(21)28/h3-6,9,12,14H,7-8,10-11H2,1-2H3,(H,37,39). The second-order valence-corrected chi connectivity index (χ2v) is 11.6. The van der Waals surface area contributed by atoms with E-state index >= 15 is 0 Å². The van der Waals surface area contributed by atoms with Gasteiger partial charge in [-0.1, -0.05) is 6.07 Å². The van der Waals surface area contributed by atoms with Gasteiger partial charge < -0.3 is 14.6 Å². The van der Waals surface area contributed by atoms with E-state index in [1.165, 1.54) is 30.2 Å². The van der Waals surface area contributed by atoms with Crippen LogP contribution in [-0.4, -0.2) is 63.6 Å². The summed E-state index contributed by atoms with van der Waals surface area (Å²) in [5.41, 5.74) is -0.0839. The molecular formula is C26H22F5N7O4S. The number of benzene rings is 1. The second-order valence-electron chi connectivity index (χ2n) is 9.71. The number of nitrogens with one attached hydrogen (secondary N) is 1. The average Bonchev–Trinajstić information content (AvgIpc) is 3.44. The van der Waals surface area contributed by atoms with Gasteiger partial charge in [-0.15, -0.1) is 0 Å². The van der Waals surface area contributed by atoms with Crippen LogP contribution in [0.4, 0.5) is 32.4 Å². The number of carbonyl (C=O) groups excluding carboxylic acids is 1. The maximum absolute atomic E-state index is 14.0. The molecule has 0 radical (unpaired) electrons. The predicted molar refractivity (Wildman–Crippen MR) is 140 cm³/mol. The van der Waals surface area contributed by atoms with E-state index < -0.39 is 56.3 Å². The Kier molecular flexibility index (Phi) is 7.85. The number of para-hydroxylation sites is 1. The first-order valence-electron chi connectivity index (χ1n) is 12.7. The van der Waals surface area contributed by atoms with Gasteiger partial charge in [0.2, 0.25) is 26.7 Å². The smallest absolute Gasteiger partial charge is 0.434 e. The Bertz CT molecular complexity index is 1790. The molecule has 2 amide bonds. The molecule has 5 rings (SSSR count). The summed E-state index contributed by atoms with van der Waals surface area (Å²) in [7, 11) is -3.85. The topological polar surface area (TPSA) is 144 Å². The highest BCUT2D eigenvalue weighted by molar-refractivity contribution is 7.90. The van der Waals surface area contributed by atoms with Crippen LogP contribution in [0.3, 0.4) is 0 Å². The highest BCUT2D eigenvalue weighted by atomic mass is 32.2. The Morgan fingerprint density at radius 2 is 1.72 bits per heavy atom. The Balaban J connectivity index is 1.44. The third kappa shape index (κ3) is 6.30. The highest BCUT2D eigenvalue weighted by Gasteiger charge is 2.35. The summed E-state index contributed by atoms with van der Waals surface area (Å²) >= 11 is 0. The Hall–Kier alpha value is -4.54. The van der Waals surface area contributed by atoms with Crippen molar-refractivity contribution in [2.75, 3.05) is 24.7 Å². The van der Waals surface area contributed by atoms with E-state index in [0.29, 0.717) is 0 Å². The first kappa shape index (κ1) is 29.9. The number of urea groups is 1. The van der Waals surface area contributed by atoms with Gasteiger partial charge >= 0.3 is 12.2 Å². The minimum Gasteiger partial charge on any atom is -0.434 e. The van der Waals surface area contributed by atoms with E-state index in [-0.39, 0.29) is 60.2 Å². The molecule has 0 atom stereocenters. The molecule has 4 aromatic rings. The lowest BCUT2D eigenvalue weighted by atomic mass is 9.90. The quantitative estimate of drug-likeness (QED) is 0.240. The van der Waals surface area contributed by atoms with Crippen LogP contribution in [0.5, 0.6) is 0 Å². The molecular weight excluding hydrogens is 601 g/mol. The maximum atomic E-state index is 14.0. The molecule has 1 fully saturated rings. The van der Waals surface area contributed by atoms with Crippen molar-refractivity contribution in [3.8, 4) is 22.9 Å². The van der Waals surface area contributed by atoms with E-state index in [1.54, 1.807) is 0 Å². The number of rotatable bonds is 5. The molecule has 4 heterocycles. The van der Waals surface area contributed by atoms with Crippen LogP contribution in [0.25, 0.3) is 22.9 Å². The molecule has 226 valence electrons. The van der Waals surface area contributed by atoms with Crippen LogP contribution in [0.15, 0.2) is 46.2 Å². The molecule has 3 aromatic heterocycles. The van der Waals surface area contributed by atoms with E-state index in [9.17, 15) is 35.2 Å². The number of nitrogens with zero attached hydrogens (tertiary/aromatic N) is 6. The number of hydrogen-bond donors (Lipinski definition) is 1. The zero-order chi connectivity index (χ0) is 31.1. The van der Waals surface area contributed by atoms with E-state index in [1.807, 2.05) is 0 Å². The Morgan fingerprint density at radius 1 is 1.05 bits per heavy atom. The fourth-order valence-electron chi connectivity index (χ4n) is 4.59. The summed E-state index contributed by atoms with van der Waals surface area (Å²) in [5, 5.41) is 1.79. The number of aromatic nitrogens is 5. The number of carbonyl (C=O) groups is 1. The van der Waals surface area contributed by atoms with E-state index in [0.717, 1.165) is 24.6 Å². The summed E-state index contributed by atoms with van der Waals surface area (Å²) in [4.78, 5) is 33.4. The van der Waals surface area contributed by atoms with Crippen LogP contribution in [0.2, 0.25) is 0 Å². The third-order valence-corrected chi connectivity index (χ3v) is 7.52. The zero-order valence-electron chi connectivity index (χ0n) is 22.5. The number of alkyl halides is 3. The van der Waals surface area contributed by atoms with Gasteiger partial charge in [-0.3, -0.25) is 0 Å². The minimum absolute atomic E-state index is 0.0788. The lowest BCUT2D eigenvalue weighted by Gasteiger charge is -2.32. The number of halogens is 5. The molecule has 1 N–H and O–H groups in total. The van der Waals surface area contributed by atoms with E-state index in [2.05, 4.69) is 30.2 Å². The first-order valence-corrected chi connectivity index (χ1v) is 14.6. The lowest BCUT2D eigenvalue weighted by molar-refractivity contribution is -0.144. The molecule has 0 aliphatic carbocycles. The number of hydrogen-bond acceptors (Lipinski definition) is 9. The summed E-state index contributed by atoms with van der Waals surface area (Å²) in [6.45, 7) is 1.76. The van der Waals surface area contributed by atoms with Crippen molar-refractivity contribution in [3.63, 3.8) is 0 Å². The van der Waals surface area contributed by atoms with Gasteiger partial charge in [0.15, 0.2) is 5.76 Å². The zero-order valence-corrected chi connectivity index (χ0v) is 23.3. The molecule has 11 nitrogen and oxygen atoms in total. The normalized spacial score (nSPS) is 14.6. The van der Waals surface area contributed by atoms with Gasteiger partial charge in [0.25, 0.3) is 0 Å². The van der Waals surface area contributed by atoms with Gasteiger partial charge in [0.1, 0.15) is 23.0 Å². The molecule has 17 heteroatoms. The highest BCUT2D eigenvalue weighted by Crippen LogP contribution is 2.37. The van der Waals surface area contributed by atoms with Gasteiger partial charge in [-0.05, 0) is 38.0 Å². The fourth-order valence-corrected chi connectivity index (χ4v) is 5.16. The lowest BCUT2D eigenvalue weighted by Crippen LogP contribution is -2.41. The third-order valence-electron chi connectivity index (χ3n) is 6.67. The fraction of sp³-hybridized carbons (Fsp3) is 0.308. The Morgan fingerprint density at radius 3 is 2.35 bits per heavy atom. The second kappa shape index (κ2) is 11.3. The molecule has 1 aromatic carbocycles. The summed E-state index contributed by atoms with van der Waals surface area (Å²) in [5.74, 6) is -3.84. The number of aryl methyl sites for hydroxylation is 1.